The third-order valence-corrected chi connectivity index (χ3v) is 8.10. The third-order valence-electron chi connectivity index (χ3n) is 4.96. The average Bonchev–Trinajstić information content (AvgIpc) is 2.66. The van der Waals surface area contributed by atoms with Crippen molar-refractivity contribution in [2.75, 3.05) is 0 Å². The van der Waals surface area contributed by atoms with E-state index in [0.29, 0.717) is 40.4 Å². The zero-order valence-electron chi connectivity index (χ0n) is 14.1. The fourth-order valence-electron chi connectivity index (χ4n) is 3.45. The number of hydrogen-bond acceptors (Lipinski definition) is 1. The summed E-state index contributed by atoms with van der Waals surface area (Å²) in [5.74, 6) is -0.352. The smallest absolute Gasteiger partial charge is 0.178 e. The molecule has 0 aliphatic heterocycles. The molecule has 7 heteroatoms. The monoisotopic (exact) mass is 482 g/mol. The van der Waals surface area contributed by atoms with E-state index >= 15 is 0 Å². The molecular weight excluding hydrogens is 469 g/mol. The predicted octanol–water partition coefficient (Wildman–Crippen LogP) is 7.96. The van der Waals surface area contributed by atoms with E-state index < -0.39 is 20.5 Å². The standard InChI is InChI=1S/C20H16Cl6O/c21-14-6-2-12(3-7-14)16(23)19(25)10-1-11-20(26,18(19)27)17(24)13-4-8-15(22)9-5-13/h2-9,16-17H,1,10-11H2. The van der Waals surface area contributed by atoms with E-state index in [0.717, 1.165) is 0 Å². The number of halogens is 6. The van der Waals surface area contributed by atoms with Crippen molar-refractivity contribution in [2.24, 2.45) is 0 Å². The van der Waals surface area contributed by atoms with Gasteiger partial charge in [0.15, 0.2) is 5.78 Å². The van der Waals surface area contributed by atoms with Gasteiger partial charge in [0.1, 0.15) is 9.75 Å². The molecule has 0 heterocycles. The highest BCUT2D eigenvalue weighted by atomic mass is 35.5. The van der Waals surface area contributed by atoms with Crippen LogP contribution in [0.3, 0.4) is 0 Å². The number of carbonyl (C=O) groups is 1. The highest BCUT2D eigenvalue weighted by Gasteiger charge is 2.58. The maximum absolute atomic E-state index is 13.4. The summed E-state index contributed by atoms with van der Waals surface area (Å²) in [5, 5.41) is -0.346. The Morgan fingerprint density at radius 2 is 1.04 bits per heavy atom. The molecule has 1 fully saturated rings. The number of Topliss-reactive ketones (excluding diaryl/α,β-unsaturated/α-hetero) is 1. The number of ketones is 1. The van der Waals surface area contributed by atoms with Crippen LogP contribution in [-0.2, 0) is 4.79 Å². The van der Waals surface area contributed by atoms with E-state index in [9.17, 15) is 4.79 Å². The van der Waals surface area contributed by atoms with Gasteiger partial charge in [0.2, 0.25) is 0 Å². The van der Waals surface area contributed by atoms with Crippen LogP contribution in [0.25, 0.3) is 0 Å². The molecule has 2 aromatic rings. The molecule has 0 saturated heterocycles. The number of rotatable bonds is 4. The second-order valence-electron chi connectivity index (χ2n) is 6.74. The molecule has 0 N–H and O–H groups in total. The van der Waals surface area contributed by atoms with Crippen LogP contribution in [0.5, 0.6) is 0 Å². The largest absolute Gasteiger partial charge is 0.296 e. The van der Waals surface area contributed by atoms with Crippen LogP contribution < -0.4 is 0 Å². The van der Waals surface area contributed by atoms with E-state index in [4.69, 9.17) is 69.6 Å². The first kappa shape index (κ1) is 21.6. The summed E-state index contributed by atoms with van der Waals surface area (Å²) in [6.45, 7) is 0. The fraction of sp³-hybridized carbons (Fsp3) is 0.350. The Morgan fingerprint density at radius 1 is 0.704 bits per heavy atom. The van der Waals surface area contributed by atoms with Crippen LogP contribution in [0.4, 0.5) is 0 Å². The van der Waals surface area contributed by atoms with Crippen LogP contribution in [0, 0.1) is 0 Å². The van der Waals surface area contributed by atoms with Crippen molar-refractivity contribution in [3.8, 4) is 0 Å². The summed E-state index contributed by atoms with van der Waals surface area (Å²) >= 11 is 38.8. The average molecular weight is 485 g/mol. The second-order valence-corrected chi connectivity index (χ2v) is 9.83. The first-order chi connectivity index (χ1) is 12.7. The maximum Gasteiger partial charge on any atom is 0.178 e. The minimum Gasteiger partial charge on any atom is -0.296 e. The lowest BCUT2D eigenvalue weighted by molar-refractivity contribution is -0.126. The molecule has 27 heavy (non-hydrogen) atoms. The normalized spacial score (nSPS) is 28.0. The van der Waals surface area contributed by atoms with Gasteiger partial charge in [0.05, 0.1) is 10.8 Å². The molecule has 4 unspecified atom stereocenters. The van der Waals surface area contributed by atoms with Crippen molar-refractivity contribution in [3.05, 3.63) is 69.7 Å². The molecule has 0 spiro atoms. The molecule has 2 aromatic carbocycles. The molecular formula is C20H16Cl6O. The lowest BCUT2D eigenvalue weighted by Crippen LogP contribution is -2.54. The highest BCUT2D eigenvalue weighted by Crippen LogP contribution is 2.54. The van der Waals surface area contributed by atoms with Gasteiger partial charge in [-0.25, -0.2) is 0 Å². The molecule has 1 nitrogen and oxygen atoms in total. The fourth-order valence-corrected chi connectivity index (χ4v) is 5.32. The van der Waals surface area contributed by atoms with Gasteiger partial charge in [-0.05, 0) is 54.7 Å². The van der Waals surface area contributed by atoms with Crippen molar-refractivity contribution >= 4 is 75.4 Å². The molecule has 1 saturated carbocycles. The topological polar surface area (TPSA) is 17.1 Å². The van der Waals surface area contributed by atoms with Crippen molar-refractivity contribution in [1.82, 2.24) is 0 Å². The quantitative estimate of drug-likeness (QED) is 0.402. The van der Waals surface area contributed by atoms with Crippen LogP contribution >= 0.6 is 69.6 Å². The molecule has 4 atom stereocenters. The summed E-state index contributed by atoms with van der Waals surface area (Å²) in [6, 6.07) is 13.9. The highest BCUT2D eigenvalue weighted by molar-refractivity contribution is 6.51. The van der Waals surface area contributed by atoms with Crippen molar-refractivity contribution in [2.45, 2.75) is 39.8 Å². The lowest BCUT2D eigenvalue weighted by Gasteiger charge is -2.44. The van der Waals surface area contributed by atoms with Gasteiger partial charge < -0.3 is 0 Å². The molecule has 0 amide bonds. The van der Waals surface area contributed by atoms with E-state index in [1.54, 1.807) is 48.5 Å². The van der Waals surface area contributed by atoms with Gasteiger partial charge >= 0.3 is 0 Å². The Morgan fingerprint density at radius 3 is 1.37 bits per heavy atom. The SMILES string of the molecule is O=C1C(Cl)(C(Cl)c2ccc(Cl)cc2)CCCC1(Cl)C(Cl)c1ccc(Cl)cc1. The first-order valence-electron chi connectivity index (χ1n) is 8.40. The number of carbonyl (C=O) groups excluding carboxylic acids is 1. The Kier molecular flexibility index (Phi) is 6.63. The Bertz CT molecular complexity index is 754. The van der Waals surface area contributed by atoms with Gasteiger partial charge in [0.25, 0.3) is 0 Å². The number of alkyl halides is 4. The molecule has 1 aliphatic rings. The van der Waals surface area contributed by atoms with Gasteiger partial charge in [-0.15, -0.1) is 46.4 Å². The first-order valence-corrected chi connectivity index (χ1v) is 10.8. The van der Waals surface area contributed by atoms with E-state index in [-0.39, 0.29) is 5.78 Å². The van der Waals surface area contributed by atoms with Crippen LogP contribution in [0.1, 0.15) is 41.1 Å². The van der Waals surface area contributed by atoms with Gasteiger partial charge in [-0.3, -0.25) is 4.79 Å². The van der Waals surface area contributed by atoms with E-state index in [1.807, 2.05) is 0 Å². The van der Waals surface area contributed by atoms with Gasteiger partial charge in [-0.1, -0.05) is 47.5 Å². The molecule has 1 aliphatic carbocycles. The summed E-state index contributed by atoms with van der Waals surface area (Å²) < 4.78 is 0. The van der Waals surface area contributed by atoms with Gasteiger partial charge in [-0.2, -0.15) is 0 Å². The lowest BCUT2D eigenvalue weighted by atomic mass is 9.73. The van der Waals surface area contributed by atoms with E-state index in [1.165, 1.54) is 0 Å². The van der Waals surface area contributed by atoms with Crippen LogP contribution in [0.15, 0.2) is 48.5 Å². The molecule has 3 rings (SSSR count). The predicted molar refractivity (Wildman–Crippen MR) is 116 cm³/mol. The maximum atomic E-state index is 13.4. The summed E-state index contributed by atoms with van der Waals surface area (Å²) in [7, 11) is 0. The zero-order valence-corrected chi connectivity index (χ0v) is 18.6. The summed E-state index contributed by atoms with van der Waals surface area (Å²) in [6.07, 6.45) is 1.47. The van der Waals surface area contributed by atoms with E-state index in [2.05, 4.69) is 0 Å². The Balaban J connectivity index is 1.93. The number of hydrogen-bond donors (Lipinski definition) is 0. The molecule has 0 radical (unpaired) electrons. The molecule has 144 valence electrons. The zero-order chi connectivity index (χ0) is 19.8. The third kappa shape index (κ3) is 4.10. The summed E-state index contributed by atoms with van der Waals surface area (Å²) in [5.41, 5.74) is 1.42. The number of benzene rings is 2. The van der Waals surface area contributed by atoms with Crippen molar-refractivity contribution in [3.63, 3.8) is 0 Å². The van der Waals surface area contributed by atoms with Crippen LogP contribution in [-0.4, -0.2) is 15.5 Å². The minimum absolute atomic E-state index is 0.352. The molecule has 0 aromatic heterocycles. The summed E-state index contributed by atoms with van der Waals surface area (Å²) in [4.78, 5) is 10.7. The van der Waals surface area contributed by atoms with Crippen molar-refractivity contribution < 1.29 is 4.79 Å². The Labute approximate surface area is 188 Å². The van der Waals surface area contributed by atoms with Gasteiger partial charge in [0, 0.05) is 10.0 Å². The van der Waals surface area contributed by atoms with Crippen molar-refractivity contribution in [1.29, 1.82) is 0 Å². The second kappa shape index (κ2) is 8.30. The molecule has 0 bridgehead atoms. The minimum atomic E-state index is -1.35. The Hall–Kier alpha value is -0.150. The van der Waals surface area contributed by atoms with Crippen LogP contribution in [0.2, 0.25) is 10.0 Å².